The Morgan fingerprint density at radius 3 is 2.35 bits per heavy atom. The third kappa shape index (κ3) is 3.47. The highest BCUT2D eigenvalue weighted by atomic mass is 32.2. The maximum Gasteiger partial charge on any atom is 0.293 e. The second-order valence-electron chi connectivity index (χ2n) is 7.31. The van der Waals surface area contributed by atoms with Gasteiger partial charge in [-0.3, -0.25) is 14.5 Å². The maximum atomic E-state index is 13.1. The summed E-state index contributed by atoms with van der Waals surface area (Å²) in [5.41, 5.74) is 1.84. The van der Waals surface area contributed by atoms with Gasteiger partial charge < -0.3 is 4.74 Å². The number of nitrogens with zero attached hydrogens (tertiary/aromatic N) is 1. The lowest BCUT2D eigenvalue weighted by Gasteiger charge is -2.14. The summed E-state index contributed by atoms with van der Waals surface area (Å²) in [6.45, 7) is 0.257. The first-order chi connectivity index (χ1) is 15.2. The van der Waals surface area contributed by atoms with Gasteiger partial charge in [0.15, 0.2) is 0 Å². The van der Waals surface area contributed by atoms with E-state index >= 15 is 0 Å². The Hall–Kier alpha value is -3.57. The van der Waals surface area contributed by atoms with Crippen molar-refractivity contribution in [2.45, 2.75) is 6.54 Å². The van der Waals surface area contributed by atoms with Crippen LogP contribution in [0.1, 0.15) is 11.1 Å². The van der Waals surface area contributed by atoms with Crippen LogP contribution in [0, 0.1) is 0 Å². The van der Waals surface area contributed by atoms with Gasteiger partial charge in [0.25, 0.3) is 11.1 Å². The second kappa shape index (κ2) is 7.93. The Bertz CT molecular complexity index is 1370. The first-order valence-electron chi connectivity index (χ1n) is 9.93. The first kappa shape index (κ1) is 19.4. The number of fused-ring (bicyclic) bond motifs is 2. The zero-order chi connectivity index (χ0) is 21.4. The van der Waals surface area contributed by atoms with Crippen molar-refractivity contribution < 1.29 is 14.3 Å². The van der Waals surface area contributed by atoms with Crippen molar-refractivity contribution in [1.29, 1.82) is 0 Å². The van der Waals surface area contributed by atoms with E-state index in [2.05, 4.69) is 0 Å². The van der Waals surface area contributed by atoms with Crippen LogP contribution in [0.5, 0.6) is 5.75 Å². The minimum Gasteiger partial charge on any atom is -0.496 e. The number of thioether (sulfide) groups is 1. The fourth-order valence-electron chi connectivity index (χ4n) is 3.98. The Labute approximate surface area is 184 Å². The van der Waals surface area contributed by atoms with Crippen LogP contribution in [0.2, 0.25) is 0 Å². The molecule has 5 rings (SSSR count). The van der Waals surface area contributed by atoms with Crippen molar-refractivity contribution in [2.75, 3.05) is 7.11 Å². The number of amides is 2. The van der Waals surface area contributed by atoms with Gasteiger partial charge in [-0.25, -0.2) is 0 Å². The van der Waals surface area contributed by atoms with E-state index in [4.69, 9.17) is 4.74 Å². The predicted molar refractivity (Wildman–Crippen MR) is 126 cm³/mol. The molecule has 0 spiro atoms. The molecule has 5 heteroatoms. The van der Waals surface area contributed by atoms with E-state index in [0.717, 1.165) is 50.2 Å². The number of hydrogen-bond donors (Lipinski definition) is 0. The number of carbonyl (C=O) groups is 2. The molecule has 0 unspecified atom stereocenters. The van der Waals surface area contributed by atoms with Gasteiger partial charge in [-0.2, -0.15) is 0 Å². The zero-order valence-corrected chi connectivity index (χ0v) is 17.7. The third-order valence-electron chi connectivity index (χ3n) is 5.51. The molecule has 0 N–H and O–H groups in total. The summed E-state index contributed by atoms with van der Waals surface area (Å²) in [6, 6.07) is 25.6. The van der Waals surface area contributed by atoms with Crippen molar-refractivity contribution in [3.05, 3.63) is 94.9 Å². The van der Waals surface area contributed by atoms with Gasteiger partial charge in [-0.1, -0.05) is 72.8 Å². The van der Waals surface area contributed by atoms with Crippen molar-refractivity contribution in [3.8, 4) is 5.75 Å². The molecule has 0 bridgehead atoms. The lowest BCUT2D eigenvalue weighted by molar-refractivity contribution is -0.123. The number of benzene rings is 4. The van der Waals surface area contributed by atoms with E-state index in [1.54, 1.807) is 13.2 Å². The summed E-state index contributed by atoms with van der Waals surface area (Å²) in [6.07, 6.45) is 1.80. The van der Waals surface area contributed by atoms with Crippen molar-refractivity contribution >= 4 is 50.5 Å². The molecule has 4 aromatic carbocycles. The van der Waals surface area contributed by atoms with Crippen molar-refractivity contribution in [1.82, 2.24) is 4.90 Å². The summed E-state index contributed by atoms with van der Waals surface area (Å²) in [7, 11) is 1.64. The lowest BCUT2D eigenvalue weighted by atomic mass is 10.0. The van der Waals surface area contributed by atoms with Crippen LogP contribution in [-0.4, -0.2) is 23.2 Å². The van der Waals surface area contributed by atoms with Gasteiger partial charge in [-0.05, 0) is 51.2 Å². The summed E-state index contributed by atoms with van der Waals surface area (Å²) in [5, 5.41) is 3.83. The van der Waals surface area contributed by atoms with Crippen molar-refractivity contribution in [2.24, 2.45) is 0 Å². The molecular formula is C26H19NO3S. The molecular weight excluding hydrogens is 406 g/mol. The molecule has 152 valence electrons. The monoisotopic (exact) mass is 425 g/mol. The molecule has 1 fully saturated rings. The summed E-state index contributed by atoms with van der Waals surface area (Å²) < 4.78 is 5.45. The van der Waals surface area contributed by atoms with E-state index < -0.39 is 0 Å². The Morgan fingerprint density at radius 1 is 0.839 bits per heavy atom. The molecule has 0 atom stereocenters. The molecule has 4 nitrogen and oxygen atoms in total. The fraction of sp³-hybridized carbons (Fsp3) is 0.0769. The van der Waals surface area contributed by atoms with Gasteiger partial charge >= 0.3 is 0 Å². The minimum atomic E-state index is -0.261. The van der Waals surface area contributed by atoms with E-state index in [1.807, 2.05) is 78.9 Å². The Balaban J connectivity index is 1.50. The number of ether oxygens (including phenoxy) is 1. The zero-order valence-electron chi connectivity index (χ0n) is 16.9. The number of hydrogen-bond acceptors (Lipinski definition) is 4. The topological polar surface area (TPSA) is 46.6 Å². The molecule has 1 aliphatic heterocycles. The van der Waals surface area contributed by atoms with Gasteiger partial charge in [0.05, 0.1) is 18.6 Å². The van der Waals surface area contributed by atoms with Crippen LogP contribution in [0.15, 0.2) is 83.8 Å². The van der Waals surface area contributed by atoms with Crippen molar-refractivity contribution in [3.63, 3.8) is 0 Å². The number of methoxy groups -OCH3 is 1. The van der Waals surface area contributed by atoms with E-state index in [-0.39, 0.29) is 17.7 Å². The largest absolute Gasteiger partial charge is 0.496 e. The average Bonchev–Trinajstić information content (AvgIpc) is 3.07. The highest BCUT2D eigenvalue weighted by molar-refractivity contribution is 8.18. The van der Waals surface area contributed by atoms with Gasteiger partial charge in [0.2, 0.25) is 0 Å². The molecule has 31 heavy (non-hydrogen) atoms. The second-order valence-corrected chi connectivity index (χ2v) is 8.30. The van der Waals surface area contributed by atoms with E-state index in [0.29, 0.717) is 4.91 Å². The number of imide groups is 1. The molecule has 1 saturated heterocycles. The Kier molecular flexibility index (Phi) is 4.96. The molecule has 2 amide bonds. The first-order valence-corrected chi connectivity index (χ1v) is 10.7. The van der Waals surface area contributed by atoms with E-state index in [9.17, 15) is 9.59 Å². The summed E-state index contributed by atoms with van der Waals surface area (Å²) in [4.78, 5) is 27.6. The molecule has 1 heterocycles. The Morgan fingerprint density at radius 2 is 1.55 bits per heavy atom. The van der Waals surface area contributed by atoms with Crippen LogP contribution in [0.3, 0.4) is 0 Å². The average molecular weight is 426 g/mol. The quantitative estimate of drug-likeness (QED) is 0.363. The van der Waals surface area contributed by atoms with Crippen LogP contribution < -0.4 is 4.74 Å². The summed E-state index contributed by atoms with van der Waals surface area (Å²) in [5.74, 6) is 0.514. The SMILES string of the molecule is COc1ccc(/C=C2\SC(=O)N(Cc3cccc4ccccc34)C2=O)c2ccccc12. The normalized spacial score (nSPS) is 15.4. The summed E-state index contributed by atoms with van der Waals surface area (Å²) >= 11 is 0.987. The molecule has 0 aromatic heterocycles. The fourth-order valence-corrected chi connectivity index (χ4v) is 4.81. The van der Waals surface area contributed by atoms with Gasteiger partial charge in [-0.15, -0.1) is 0 Å². The maximum absolute atomic E-state index is 13.1. The number of carbonyl (C=O) groups excluding carboxylic acids is 2. The van der Waals surface area contributed by atoms with Gasteiger partial charge in [0.1, 0.15) is 5.75 Å². The molecule has 0 radical (unpaired) electrons. The molecule has 4 aromatic rings. The van der Waals surface area contributed by atoms with Crippen LogP contribution in [0.25, 0.3) is 27.6 Å². The standard InChI is InChI=1S/C26H19NO3S/c1-30-23-14-13-18(21-11-4-5-12-22(21)23)15-24-25(28)27(26(29)31-24)16-19-9-6-8-17-7-2-3-10-20(17)19/h2-15H,16H2,1H3/b24-15-. The molecule has 1 aliphatic rings. The predicted octanol–water partition coefficient (Wildman–Crippen LogP) is 6.24. The van der Waals surface area contributed by atoms with Crippen LogP contribution in [0.4, 0.5) is 4.79 Å². The van der Waals surface area contributed by atoms with Gasteiger partial charge in [0, 0.05) is 5.39 Å². The highest BCUT2D eigenvalue weighted by Gasteiger charge is 2.35. The smallest absolute Gasteiger partial charge is 0.293 e. The number of rotatable bonds is 4. The minimum absolute atomic E-state index is 0.248. The highest BCUT2D eigenvalue weighted by Crippen LogP contribution is 2.36. The van der Waals surface area contributed by atoms with Crippen LogP contribution >= 0.6 is 11.8 Å². The van der Waals surface area contributed by atoms with Crippen LogP contribution in [-0.2, 0) is 11.3 Å². The molecule has 0 aliphatic carbocycles. The third-order valence-corrected chi connectivity index (χ3v) is 6.41. The lowest BCUT2D eigenvalue weighted by Crippen LogP contribution is -2.27. The molecule has 0 saturated carbocycles. The van der Waals surface area contributed by atoms with E-state index in [1.165, 1.54) is 4.90 Å².